The number of methoxy groups -OCH3 is 2. The Morgan fingerprint density at radius 2 is 1.72 bits per heavy atom. The van der Waals surface area contributed by atoms with Gasteiger partial charge in [0.15, 0.2) is 0 Å². The zero-order valence-electron chi connectivity index (χ0n) is 14.0. The van der Waals surface area contributed by atoms with Crippen molar-refractivity contribution in [3.8, 4) is 11.5 Å². The van der Waals surface area contributed by atoms with Gasteiger partial charge in [-0.1, -0.05) is 0 Å². The summed E-state index contributed by atoms with van der Waals surface area (Å²) < 4.78 is 35.2. The molecule has 0 aliphatic heterocycles. The first-order valence-electron chi connectivity index (χ1n) is 7.14. The van der Waals surface area contributed by atoms with Crippen molar-refractivity contribution < 1.29 is 22.7 Å². The quantitative estimate of drug-likeness (QED) is 0.673. The van der Waals surface area contributed by atoms with Crippen LogP contribution in [-0.4, -0.2) is 34.8 Å². The Morgan fingerprint density at radius 1 is 1.04 bits per heavy atom. The number of benzene rings is 2. The average molecular weight is 365 g/mol. The summed E-state index contributed by atoms with van der Waals surface area (Å²) in [6.07, 6.45) is 1.04. The molecule has 0 saturated heterocycles. The van der Waals surface area contributed by atoms with Gasteiger partial charge in [-0.05, 0) is 30.3 Å². The number of carbonyl (C=O) groups is 1. The normalized spacial score (nSPS) is 10.8. The SMILES string of the molecule is COc1ccc(C(=O)Nc2ccc(NS(C)(=O)=O)c(OC)c2)cc1N. The first kappa shape index (κ1) is 18.4. The monoisotopic (exact) mass is 365 g/mol. The highest BCUT2D eigenvalue weighted by atomic mass is 32.2. The Morgan fingerprint density at radius 3 is 2.28 bits per heavy atom. The van der Waals surface area contributed by atoms with E-state index in [2.05, 4.69) is 10.0 Å². The van der Waals surface area contributed by atoms with Crippen LogP contribution in [0.15, 0.2) is 36.4 Å². The van der Waals surface area contributed by atoms with Crippen LogP contribution in [0.1, 0.15) is 10.4 Å². The smallest absolute Gasteiger partial charge is 0.255 e. The number of carbonyl (C=O) groups excluding carboxylic acids is 1. The molecule has 8 nitrogen and oxygen atoms in total. The molecule has 0 bridgehead atoms. The van der Waals surface area contributed by atoms with Crippen molar-refractivity contribution in [2.75, 3.05) is 36.2 Å². The standard InChI is InChI=1S/C16H19N3O5S/c1-23-14-7-4-10(8-12(14)17)16(20)18-11-5-6-13(15(9-11)24-2)19-25(3,21)22/h4-9,19H,17H2,1-3H3,(H,18,20). The van der Waals surface area contributed by atoms with Gasteiger partial charge in [0.1, 0.15) is 11.5 Å². The zero-order valence-corrected chi connectivity index (χ0v) is 14.8. The van der Waals surface area contributed by atoms with Crippen LogP contribution < -0.4 is 25.2 Å². The second kappa shape index (κ2) is 7.31. The van der Waals surface area contributed by atoms with E-state index in [1.54, 1.807) is 18.2 Å². The van der Waals surface area contributed by atoms with E-state index < -0.39 is 10.0 Å². The third-order valence-electron chi connectivity index (χ3n) is 3.25. The maximum absolute atomic E-state index is 12.3. The van der Waals surface area contributed by atoms with E-state index in [4.69, 9.17) is 15.2 Å². The molecule has 134 valence electrons. The molecule has 9 heteroatoms. The third kappa shape index (κ3) is 4.77. The minimum Gasteiger partial charge on any atom is -0.495 e. The van der Waals surface area contributed by atoms with Gasteiger partial charge in [-0.15, -0.1) is 0 Å². The number of nitrogen functional groups attached to an aromatic ring is 1. The molecule has 2 aromatic rings. The molecule has 0 radical (unpaired) electrons. The van der Waals surface area contributed by atoms with E-state index in [1.807, 2.05) is 0 Å². The van der Waals surface area contributed by atoms with Gasteiger partial charge in [-0.2, -0.15) is 0 Å². The summed E-state index contributed by atoms with van der Waals surface area (Å²) in [7, 11) is -0.552. The second-order valence-corrected chi connectivity index (χ2v) is 6.95. The van der Waals surface area contributed by atoms with Gasteiger partial charge in [-0.3, -0.25) is 9.52 Å². The van der Waals surface area contributed by atoms with Crippen molar-refractivity contribution in [1.29, 1.82) is 0 Å². The maximum Gasteiger partial charge on any atom is 0.255 e. The molecule has 0 saturated carbocycles. The van der Waals surface area contributed by atoms with Crippen molar-refractivity contribution in [2.45, 2.75) is 0 Å². The lowest BCUT2D eigenvalue weighted by Gasteiger charge is -2.13. The molecule has 1 amide bonds. The van der Waals surface area contributed by atoms with Gasteiger partial charge in [0.25, 0.3) is 5.91 Å². The largest absolute Gasteiger partial charge is 0.495 e. The predicted molar refractivity (Wildman–Crippen MR) is 96.8 cm³/mol. The van der Waals surface area contributed by atoms with Crippen LogP contribution in [0.5, 0.6) is 11.5 Å². The third-order valence-corrected chi connectivity index (χ3v) is 3.84. The van der Waals surface area contributed by atoms with Crippen molar-refractivity contribution in [2.24, 2.45) is 0 Å². The lowest BCUT2D eigenvalue weighted by molar-refractivity contribution is 0.102. The van der Waals surface area contributed by atoms with Crippen molar-refractivity contribution >= 4 is 33.0 Å². The number of hydrogen-bond donors (Lipinski definition) is 3. The highest BCUT2D eigenvalue weighted by Gasteiger charge is 2.12. The summed E-state index contributed by atoms with van der Waals surface area (Å²) in [4.78, 5) is 12.3. The van der Waals surface area contributed by atoms with Crippen LogP contribution in [0, 0.1) is 0 Å². The van der Waals surface area contributed by atoms with Gasteiger partial charge in [0.05, 0.1) is 31.9 Å². The topological polar surface area (TPSA) is 120 Å². The van der Waals surface area contributed by atoms with E-state index in [0.29, 0.717) is 22.7 Å². The molecule has 0 aliphatic carbocycles. The molecular weight excluding hydrogens is 346 g/mol. The first-order valence-corrected chi connectivity index (χ1v) is 9.03. The maximum atomic E-state index is 12.3. The molecule has 25 heavy (non-hydrogen) atoms. The highest BCUT2D eigenvalue weighted by Crippen LogP contribution is 2.29. The predicted octanol–water partition coefficient (Wildman–Crippen LogP) is 1.91. The van der Waals surface area contributed by atoms with Crippen molar-refractivity contribution in [3.63, 3.8) is 0 Å². The second-order valence-electron chi connectivity index (χ2n) is 5.20. The van der Waals surface area contributed by atoms with Gasteiger partial charge in [0, 0.05) is 17.3 Å². The fourth-order valence-corrected chi connectivity index (χ4v) is 2.70. The summed E-state index contributed by atoms with van der Waals surface area (Å²) in [6.45, 7) is 0. The fraction of sp³-hybridized carbons (Fsp3) is 0.188. The van der Waals surface area contributed by atoms with E-state index in [9.17, 15) is 13.2 Å². The molecule has 0 heterocycles. The number of anilines is 3. The van der Waals surface area contributed by atoms with E-state index in [-0.39, 0.29) is 17.3 Å². The molecule has 2 aromatic carbocycles. The molecule has 0 atom stereocenters. The molecule has 0 unspecified atom stereocenters. The summed E-state index contributed by atoms with van der Waals surface area (Å²) >= 11 is 0. The minimum absolute atomic E-state index is 0.275. The summed E-state index contributed by atoms with van der Waals surface area (Å²) in [5, 5.41) is 2.70. The number of ether oxygens (including phenoxy) is 2. The number of amides is 1. The van der Waals surface area contributed by atoms with E-state index >= 15 is 0 Å². The number of sulfonamides is 1. The van der Waals surface area contributed by atoms with Crippen LogP contribution in [0.2, 0.25) is 0 Å². The van der Waals surface area contributed by atoms with Crippen molar-refractivity contribution in [3.05, 3.63) is 42.0 Å². The molecule has 0 fully saturated rings. The fourth-order valence-electron chi connectivity index (χ4n) is 2.13. The molecule has 0 aromatic heterocycles. The minimum atomic E-state index is -3.44. The van der Waals surface area contributed by atoms with Crippen molar-refractivity contribution in [1.82, 2.24) is 0 Å². The number of nitrogens with two attached hydrogens (primary N) is 1. The summed E-state index contributed by atoms with van der Waals surface area (Å²) in [5.41, 5.74) is 7.22. The lowest BCUT2D eigenvalue weighted by Crippen LogP contribution is -2.13. The summed E-state index contributed by atoms with van der Waals surface area (Å²) in [6, 6.07) is 9.26. The molecule has 0 spiro atoms. The molecule has 2 rings (SSSR count). The number of rotatable bonds is 6. The average Bonchev–Trinajstić information content (AvgIpc) is 2.54. The Bertz CT molecular complexity index is 897. The Hall–Kier alpha value is -2.94. The zero-order chi connectivity index (χ0) is 18.6. The van der Waals surface area contributed by atoms with Crippen LogP contribution >= 0.6 is 0 Å². The van der Waals surface area contributed by atoms with Crippen LogP contribution in [0.3, 0.4) is 0 Å². The number of nitrogens with one attached hydrogen (secondary N) is 2. The van der Waals surface area contributed by atoms with Crippen LogP contribution in [-0.2, 0) is 10.0 Å². The lowest BCUT2D eigenvalue weighted by atomic mass is 10.1. The van der Waals surface area contributed by atoms with Gasteiger partial charge >= 0.3 is 0 Å². The van der Waals surface area contributed by atoms with Crippen LogP contribution in [0.25, 0.3) is 0 Å². The Labute approximate surface area is 146 Å². The number of hydrogen-bond acceptors (Lipinski definition) is 6. The van der Waals surface area contributed by atoms with Gasteiger partial charge in [-0.25, -0.2) is 8.42 Å². The van der Waals surface area contributed by atoms with E-state index in [1.165, 1.54) is 32.4 Å². The molecular formula is C16H19N3O5S. The molecule has 4 N–H and O–H groups in total. The Kier molecular flexibility index (Phi) is 5.38. The first-order chi connectivity index (χ1) is 11.7. The van der Waals surface area contributed by atoms with Crippen LogP contribution in [0.4, 0.5) is 17.1 Å². The van der Waals surface area contributed by atoms with Gasteiger partial charge in [0.2, 0.25) is 10.0 Å². The summed E-state index contributed by atoms with van der Waals surface area (Å²) in [5.74, 6) is 0.382. The molecule has 0 aliphatic rings. The van der Waals surface area contributed by atoms with Gasteiger partial charge < -0.3 is 20.5 Å². The Balaban J connectivity index is 2.22. The van der Waals surface area contributed by atoms with E-state index in [0.717, 1.165) is 6.26 Å². The highest BCUT2D eigenvalue weighted by molar-refractivity contribution is 7.92.